The summed E-state index contributed by atoms with van der Waals surface area (Å²) in [7, 11) is 0. The molecule has 0 spiro atoms. The molecule has 0 aliphatic carbocycles. The van der Waals surface area contributed by atoms with Gasteiger partial charge in [0, 0.05) is 30.5 Å². The number of halogens is 2. The van der Waals surface area contributed by atoms with Crippen LogP contribution in [0.1, 0.15) is 31.4 Å². The van der Waals surface area contributed by atoms with E-state index in [1.54, 1.807) is 12.1 Å². The lowest BCUT2D eigenvalue weighted by Gasteiger charge is -2.31. The molecule has 2 aromatic rings. The van der Waals surface area contributed by atoms with Crippen molar-refractivity contribution in [2.75, 3.05) is 23.3 Å². The quantitative estimate of drug-likeness (QED) is 0.846. The second kappa shape index (κ2) is 7.41. The van der Waals surface area contributed by atoms with Gasteiger partial charge in [0.2, 0.25) is 0 Å². The molecule has 1 aliphatic rings. The van der Waals surface area contributed by atoms with E-state index in [1.807, 2.05) is 0 Å². The number of aliphatic hydroxyl groups is 1. The number of aliphatic hydroxyl groups excluding tert-OH is 1. The minimum atomic E-state index is -0.411. The first-order valence-corrected chi connectivity index (χ1v) is 8.65. The summed E-state index contributed by atoms with van der Waals surface area (Å²) in [6, 6.07) is 13.2. The summed E-state index contributed by atoms with van der Waals surface area (Å²) in [5, 5.41) is 13.1. The Labute approximate surface area is 147 Å². The first-order chi connectivity index (χ1) is 11.5. The zero-order valence-corrected chi connectivity index (χ0v) is 14.4. The zero-order chi connectivity index (χ0) is 17.1. The van der Waals surface area contributed by atoms with Crippen LogP contribution in [-0.2, 0) is 0 Å². The van der Waals surface area contributed by atoms with Gasteiger partial charge in [0.1, 0.15) is 5.82 Å². The second-order valence-electron chi connectivity index (χ2n) is 6.30. The van der Waals surface area contributed by atoms with E-state index in [0.29, 0.717) is 0 Å². The molecule has 1 fully saturated rings. The Morgan fingerprint density at radius 2 is 1.83 bits per heavy atom. The summed E-state index contributed by atoms with van der Waals surface area (Å²) in [5.74, 6) is -0.411. The topological polar surface area (TPSA) is 35.5 Å². The Hall–Kier alpha value is -1.78. The molecule has 2 aromatic carbocycles. The van der Waals surface area contributed by atoms with Crippen LogP contribution in [-0.4, -0.2) is 24.3 Å². The third-order valence-corrected chi connectivity index (χ3v) is 4.82. The van der Waals surface area contributed by atoms with E-state index in [0.717, 1.165) is 37.2 Å². The lowest BCUT2D eigenvalue weighted by Crippen LogP contribution is -2.35. The molecule has 24 heavy (non-hydrogen) atoms. The van der Waals surface area contributed by atoms with Gasteiger partial charge < -0.3 is 15.3 Å². The molecule has 128 valence electrons. The van der Waals surface area contributed by atoms with E-state index < -0.39 is 5.82 Å². The summed E-state index contributed by atoms with van der Waals surface area (Å²) in [4.78, 5) is 2.30. The summed E-state index contributed by atoms with van der Waals surface area (Å²) in [6.45, 7) is 3.84. The number of hydrogen-bond donors (Lipinski definition) is 2. The zero-order valence-electron chi connectivity index (χ0n) is 13.7. The van der Waals surface area contributed by atoms with Crippen molar-refractivity contribution in [3.63, 3.8) is 0 Å². The lowest BCUT2D eigenvalue weighted by molar-refractivity contribution is 0.145. The Morgan fingerprint density at radius 3 is 2.46 bits per heavy atom. The summed E-state index contributed by atoms with van der Waals surface area (Å²) in [5.41, 5.74) is 3.13. The largest absolute Gasteiger partial charge is 0.393 e. The van der Waals surface area contributed by atoms with Gasteiger partial charge in [-0.15, -0.1) is 0 Å². The smallest absolute Gasteiger partial charge is 0.141 e. The minimum Gasteiger partial charge on any atom is -0.393 e. The van der Waals surface area contributed by atoms with Crippen molar-refractivity contribution < 1.29 is 9.50 Å². The fourth-order valence-corrected chi connectivity index (χ4v) is 3.20. The Kier molecular flexibility index (Phi) is 5.27. The Balaban J connectivity index is 1.65. The van der Waals surface area contributed by atoms with Gasteiger partial charge in [-0.25, -0.2) is 4.39 Å². The molecule has 1 unspecified atom stereocenters. The molecule has 1 saturated heterocycles. The van der Waals surface area contributed by atoms with Crippen LogP contribution < -0.4 is 10.2 Å². The van der Waals surface area contributed by atoms with Crippen molar-refractivity contribution in [2.24, 2.45) is 0 Å². The monoisotopic (exact) mass is 348 g/mol. The average Bonchev–Trinajstić information content (AvgIpc) is 2.59. The van der Waals surface area contributed by atoms with E-state index in [9.17, 15) is 9.50 Å². The van der Waals surface area contributed by atoms with Crippen LogP contribution >= 0.6 is 11.6 Å². The SMILES string of the molecule is CC(Nc1ccc(F)c(Cl)c1)c1ccc(N2CCC(O)CC2)cc1. The number of hydrogen-bond acceptors (Lipinski definition) is 3. The van der Waals surface area contributed by atoms with Gasteiger partial charge in [-0.3, -0.25) is 0 Å². The van der Waals surface area contributed by atoms with Crippen LogP contribution in [0.3, 0.4) is 0 Å². The molecule has 5 heteroatoms. The molecule has 3 nitrogen and oxygen atoms in total. The van der Waals surface area contributed by atoms with Crippen LogP contribution in [0.2, 0.25) is 5.02 Å². The van der Waals surface area contributed by atoms with Crippen molar-refractivity contribution in [1.82, 2.24) is 0 Å². The summed E-state index contributed by atoms with van der Waals surface area (Å²) >= 11 is 5.82. The maximum Gasteiger partial charge on any atom is 0.141 e. The highest BCUT2D eigenvalue weighted by atomic mass is 35.5. The molecule has 3 rings (SSSR count). The van der Waals surface area contributed by atoms with Crippen LogP contribution in [0.4, 0.5) is 15.8 Å². The van der Waals surface area contributed by atoms with E-state index in [4.69, 9.17) is 11.6 Å². The normalized spacial score (nSPS) is 16.9. The number of nitrogens with one attached hydrogen (secondary N) is 1. The van der Waals surface area contributed by atoms with Crippen LogP contribution in [0.5, 0.6) is 0 Å². The second-order valence-corrected chi connectivity index (χ2v) is 6.71. The molecule has 1 atom stereocenters. The maximum atomic E-state index is 13.2. The minimum absolute atomic E-state index is 0.0868. The van der Waals surface area contributed by atoms with Crippen molar-refractivity contribution in [3.05, 3.63) is 58.9 Å². The van der Waals surface area contributed by atoms with Crippen LogP contribution in [0, 0.1) is 5.82 Å². The number of benzene rings is 2. The summed E-state index contributed by atoms with van der Waals surface area (Å²) < 4.78 is 13.2. The molecular weight excluding hydrogens is 327 g/mol. The lowest BCUT2D eigenvalue weighted by atomic mass is 10.0. The fraction of sp³-hybridized carbons (Fsp3) is 0.368. The highest BCUT2D eigenvalue weighted by Crippen LogP contribution is 2.26. The molecule has 1 heterocycles. The number of nitrogens with zero attached hydrogens (tertiary/aromatic N) is 1. The predicted molar refractivity (Wildman–Crippen MR) is 97.3 cm³/mol. The highest BCUT2D eigenvalue weighted by molar-refractivity contribution is 6.31. The van der Waals surface area contributed by atoms with Crippen molar-refractivity contribution in [2.45, 2.75) is 31.9 Å². The molecule has 0 bridgehead atoms. The molecular formula is C19H22ClFN2O. The number of rotatable bonds is 4. The molecule has 1 aliphatic heterocycles. The standard InChI is InChI=1S/C19H22ClFN2O/c1-13(22-15-4-7-19(21)18(20)12-15)14-2-5-16(6-3-14)23-10-8-17(24)9-11-23/h2-7,12-13,17,22,24H,8-11H2,1H3. The Bertz CT molecular complexity index is 684. The third-order valence-electron chi connectivity index (χ3n) is 4.53. The van der Waals surface area contributed by atoms with Crippen molar-refractivity contribution in [1.29, 1.82) is 0 Å². The third kappa shape index (κ3) is 4.00. The van der Waals surface area contributed by atoms with Crippen LogP contribution in [0.15, 0.2) is 42.5 Å². The van der Waals surface area contributed by atoms with Crippen molar-refractivity contribution in [3.8, 4) is 0 Å². The van der Waals surface area contributed by atoms with Gasteiger partial charge in [0.25, 0.3) is 0 Å². The van der Waals surface area contributed by atoms with Gasteiger partial charge in [0.15, 0.2) is 0 Å². The average molecular weight is 349 g/mol. The van der Waals surface area contributed by atoms with E-state index in [-0.39, 0.29) is 17.2 Å². The fourth-order valence-electron chi connectivity index (χ4n) is 3.02. The maximum absolute atomic E-state index is 13.2. The number of anilines is 2. The van der Waals surface area contributed by atoms with E-state index >= 15 is 0 Å². The highest BCUT2D eigenvalue weighted by Gasteiger charge is 2.17. The predicted octanol–water partition coefficient (Wildman–Crippen LogP) is 4.61. The van der Waals surface area contributed by atoms with Crippen LogP contribution in [0.25, 0.3) is 0 Å². The molecule has 0 radical (unpaired) electrons. The van der Waals surface area contributed by atoms with E-state index in [2.05, 4.69) is 41.4 Å². The molecule has 0 amide bonds. The first kappa shape index (κ1) is 17.1. The van der Waals surface area contributed by atoms with Gasteiger partial charge in [-0.1, -0.05) is 23.7 Å². The van der Waals surface area contributed by atoms with E-state index in [1.165, 1.54) is 11.8 Å². The Morgan fingerprint density at radius 1 is 1.17 bits per heavy atom. The first-order valence-electron chi connectivity index (χ1n) is 8.27. The van der Waals surface area contributed by atoms with Gasteiger partial charge >= 0.3 is 0 Å². The molecule has 0 aromatic heterocycles. The van der Waals surface area contributed by atoms with Gasteiger partial charge in [-0.2, -0.15) is 0 Å². The summed E-state index contributed by atoms with van der Waals surface area (Å²) in [6.07, 6.45) is 1.49. The molecule has 2 N–H and O–H groups in total. The van der Waals surface area contributed by atoms with Gasteiger partial charge in [-0.05, 0) is 55.7 Å². The van der Waals surface area contributed by atoms with Gasteiger partial charge in [0.05, 0.1) is 11.1 Å². The molecule has 0 saturated carbocycles. The number of piperidine rings is 1. The van der Waals surface area contributed by atoms with Crippen molar-refractivity contribution >= 4 is 23.0 Å².